The fraction of sp³-hybridized carbons (Fsp3) is 0.533. The highest BCUT2D eigenvalue weighted by molar-refractivity contribution is 6.00. The molecule has 1 atom stereocenters. The van der Waals surface area contributed by atoms with E-state index in [0.717, 1.165) is 24.2 Å². The zero-order valence-electron chi connectivity index (χ0n) is 10.9. The van der Waals surface area contributed by atoms with Gasteiger partial charge in [-0.25, -0.2) is 4.39 Å². The second kappa shape index (κ2) is 4.04. The molecule has 5 rings (SSSR count). The maximum Gasteiger partial charge on any atom is 0.129 e. The predicted molar refractivity (Wildman–Crippen MR) is 71.7 cm³/mol. The van der Waals surface area contributed by atoms with Crippen LogP contribution in [0.3, 0.4) is 0 Å². The summed E-state index contributed by atoms with van der Waals surface area (Å²) in [5.74, 6) is 0.997. The second-order valence-electron chi connectivity index (χ2n) is 5.98. The van der Waals surface area contributed by atoms with Crippen molar-refractivity contribution in [3.63, 3.8) is 0 Å². The zero-order chi connectivity index (χ0) is 13.0. The van der Waals surface area contributed by atoms with E-state index in [9.17, 15) is 4.39 Å². The van der Waals surface area contributed by atoms with E-state index < -0.39 is 0 Å². The number of benzene rings is 1. The SMILES string of the molecule is N=C1c2cc(F)ccc2CN1C1CN2CCC1CC2. The van der Waals surface area contributed by atoms with Crippen LogP contribution in [0, 0.1) is 17.1 Å². The van der Waals surface area contributed by atoms with Crippen molar-refractivity contribution in [2.45, 2.75) is 25.4 Å². The number of rotatable bonds is 1. The maximum atomic E-state index is 13.3. The molecule has 4 aliphatic rings. The summed E-state index contributed by atoms with van der Waals surface area (Å²) in [6, 6.07) is 5.30. The third kappa shape index (κ3) is 1.70. The molecule has 3 nitrogen and oxygen atoms in total. The maximum absolute atomic E-state index is 13.3. The summed E-state index contributed by atoms with van der Waals surface area (Å²) >= 11 is 0. The molecule has 0 saturated carbocycles. The van der Waals surface area contributed by atoms with Crippen molar-refractivity contribution in [3.05, 3.63) is 35.1 Å². The van der Waals surface area contributed by atoms with Crippen molar-refractivity contribution >= 4 is 5.84 Å². The molecule has 100 valence electrons. The fourth-order valence-electron chi connectivity index (χ4n) is 3.89. The number of fused-ring (bicyclic) bond motifs is 4. The molecule has 0 amide bonds. The lowest BCUT2D eigenvalue weighted by atomic mass is 9.83. The van der Waals surface area contributed by atoms with Crippen LogP contribution in [0.5, 0.6) is 0 Å². The summed E-state index contributed by atoms with van der Waals surface area (Å²) in [6.07, 6.45) is 2.50. The third-order valence-corrected chi connectivity index (χ3v) is 4.98. The predicted octanol–water partition coefficient (Wildman–Crippen LogP) is 2.06. The van der Waals surface area contributed by atoms with Gasteiger partial charge in [0.15, 0.2) is 0 Å². The van der Waals surface area contributed by atoms with Crippen LogP contribution in [-0.2, 0) is 6.54 Å². The highest BCUT2D eigenvalue weighted by Crippen LogP contribution is 2.35. The van der Waals surface area contributed by atoms with Gasteiger partial charge in [0, 0.05) is 24.7 Å². The molecule has 1 aromatic rings. The van der Waals surface area contributed by atoms with Crippen molar-refractivity contribution in [1.82, 2.24) is 9.80 Å². The van der Waals surface area contributed by atoms with Gasteiger partial charge in [0.2, 0.25) is 0 Å². The first-order valence-electron chi connectivity index (χ1n) is 7.09. The molecule has 4 heterocycles. The van der Waals surface area contributed by atoms with Crippen LogP contribution in [0.4, 0.5) is 4.39 Å². The average molecular weight is 259 g/mol. The minimum absolute atomic E-state index is 0.237. The van der Waals surface area contributed by atoms with E-state index in [0.29, 0.717) is 17.8 Å². The Morgan fingerprint density at radius 2 is 2.00 bits per heavy atom. The van der Waals surface area contributed by atoms with Crippen molar-refractivity contribution in [2.24, 2.45) is 5.92 Å². The monoisotopic (exact) mass is 259 g/mol. The molecule has 0 spiro atoms. The Balaban J connectivity index is 1.63. The summed E-state index contributed by atoms with van der Waals surface area (Å²) in [5.41, 5.74) is 1.89. The van der Waals surface area contributed by atoms with Crippen LogP contribution < -0.4 is 0 Å². The van der Waals surface area contributed by atoms with Crippen molar-refractivity contribution in [2.75, 3.05) is 19.6 Å². The average Bonchev–Trinajstić information content (AvgIpc) is 2.77. The number of amidine groups is 1. The standard InChI is InChI=1S/C15H18FN3/c16-12-2-1-11-8-19(15(17)13(11)7-12)14-9-18-5-3-10(14)4-6-18/h1-2,7,10,14,17H,3-6,8-9H2. The topological polar surface area (TPSA) is 30.3 Å². The normalized spacial score (nSPS) is 32.8. The van der Waals surface area contributed by atoms with Crippen molar-refractivity contribution in [1.29, 1.82) is 5.41 Å². The van der Waals surface area contributed by atoms with Gasteiger partial charge in [-0.15, -0.1) is 0 Å². The molecular formula is C15H18FN3. The number of nitrogens with zero attached hydrogens (tertiary/aromatic N) is 2. The van der Waals surface area contributed by atoms with E-state index in [1.165, 1.54) is 38.1 Å². The third-order valence-electron chi connectivity index (χ3n) is 4.98. The summed E-state index contributed by atoms with van der Waals surface area (Å²) < 4.78 is 13.3. The summed E-state index contributed by atoms with van der Waals surface area (Å²) in [7, 11) is 0. The smallest absolute Gasteiger partial charge is 0.129 e. The molecule has 0 aromatic heterocycles. The largest absolute Gasteiger partial charge is 0.348 e. The van der Waals surface area contributed by atoms with E-state index in [1.807, 2.05) is 6.07 Å². The lowest BCUT2D eigenvalue weighted by Crippen LogP contribution is -2.57. The van der Waals surface area contributed by atoms with Gasteiger partial charge in [0.1, 0.15) is 11.7 Å². The summed E-state index contributed by atoms with van der Waals surface area (Å²) in [5, 5.41) is 8.34. The quantitative estimate of drug-likeness (QED) is 0.836. The number of hydrogen-bond donors (Lipinski definition) is 1. The second-order valence-corrected chi connectivity index (χ2v) is 5.98. The minimum Gasteiger partial charge on any atom is -0.348 e. The molecular weight excluding hydrogens is 241 g/mol. The van der Waals surface area contributed by atoms with E-state index in [-0.39, 0.29) is 5.82 Å². The molecule has 0 aliphatic carbocycles. The molecule has 4 aliphatic heterocycles. The Kier molecular flexibility index (Phi) is 2.42. The van der Waals surface area contributed by atoms with E-state index in [1.54, 1.807) is 0 Å². The minimum atomic E-state index is -0.237. The zero-order valence-corrected chi connectivity index (χ0v) is 10.9. The van der Waals surface area contributed by atoms with Gasteiger partial charge in [0.05, 0.1) is 0 Å². The molecule has 1 N–H and O–H groups in total. The van der Waals surface area contributed by atoms with Gasteiger partial charge in [-0.05, 0) is 49.5 Å². The fourth-order valence-corrected chi connectivity index (χ4v) is 3.89. The van der Waals surface area contributed by atoms with E-state index in [2.05, 4.69) is 9.80 Å². The lowest BCUT2D eigenvalue weighted by Gasteiger charge is -2.48. The van der Waals surface area contributed by atoms with E-state index >= 15 is 0 Å². The Bertz CT molecular complexity index is 534. The van der Waals surface area contributed by atoms with Crippen LogP contribution >= 0.6 is 0 Å². The number of nitrogens with one attached hydrogen (secondary N) is 1. The molecule has 0 radical (unpaired) electrons. The Morgan fingerprint density at radius 1 is 1.21 bits per heavy atom. The van der Waals surface area contributed by atoms with Gasteiger partial charge < -0.3 is 9.80 Å². The highest BCUT2D eigenvalue weighted by atomic mass is 19.1. The van der Waals surface area contributed by atoms with Crippen LogP contribution in [-0.4, -0.2) is 41.3 Å². The Labute approximate surface area is 112 Å². The molecule has 4 heteroatoms. The van der Waals surface area contributed by atoms with Gasteiger partial charge in [-0.3, -0.25) is 5.41 Å². The Morgan fingerprint density at radius 3 is 2.68 bits per heavy atom. The first-order valence-corrected chi connectivity index (χ1v) is 7.09. The Hall–Kier alpha value is -1.42. The van der Waals surface area contributed by atoms with Gasteiger partial charge >= 0.3 is 0 Å². The van der Waals surface area contributed by atoms with Gasteiger partial charge in [-0.1, -0.05) is 6.07 Å². The lowest BCUT2D eigenvalue weighted by molar-refractivity contribution is 0.0334. The number of hydrogen-bond acceptors (Lipinski definition) is 2. The molecule has 19 heavy (non-hydrogen) atoms. The summed E-state index contributed by atoms with van der Waals surface area (Å²) in [6.45, 7) is 4.28. The molecule has 1 aromatic carbocycles. The molecule has 3 saturated heterocycles. The van der Waals surface area contributed by atoms with Gasteiger partial charge in [0.25, 0.3) is 0 Å². The van der Waals surface area contributed by atoms with Crippen molar-refractivity contribution < 1.29 is 4.39 Å². The molecule has 1 unspecified atom stereocenters. The van der Waals surface area contributed by atoms with Crippen LogP contribution in [0.1, 0.15) is 24.0 Å². The first-order chi connectivity index (χ1) is 9.22. The molecule has 2 bridgehead atoms. The summed E-state index contributed by atoms with van der Waals surface area (Å²) in [4.78, 5) is 4.70. The highest BCUT2D eigenvalue weighted by Gasteiger charge is 2.40. The van der Waals surface area contributed by atoms with Crippen LogP contribution in [0.15, 0.2) is 18.2 Å². The van der Waals surface area contributed by atoms with Crippen LogP contribution in [0.25, 0.3) is 0 Å². The number of piperidine rings is 3. The van der Waals surface area contributed by atoms with E-state index in [4.69, 9.17) is 5.41 Å². The molecule has 3 fully saturated rings. The first kappa shape index (κ1) is 11.4. The van der Waals surface area contributed by atoms with Crippen molar-refractivity contribution in [3.8, 4) is 0 Å². The van der Waals surface area contributed by atoms with Gasteiger partial charge in [-0.2, -0.15) is 0 Å². The van der Waals surface area contributed by atoms with Crippen LogP contribution in [0.2, 0.25) is 0 Å². The number of halogens is 1.